The fraction of sp³-hybridized carbons (Fsp3) is 0.842. The predicted molar refractivity (Wildman–Crippen MR) is 372 cm³/mol. The van der Waals surface area contributed by atoms with Gasteiger partial charge in [-0.15, -0.1) is 0 Å². The monoisotopic (exact) mass is 1230 g/mol. The number of ether oxygens (including phenoxy) is 1. The number of amides is 1. The summed E-state index contributed by atoms with van der Waals surface area (Å²) in [5, 5.41) is 3.04. The first-order valence-electron chi connectivity index (χ1n) is 37.1. The molecule has 0 saturated heterocycles. The molecule has 0 rings (SSSR count). The summed E-state index contributed by atoms with van der Waals surface area (Å²) in [6.07, 6.45) is 84.9. The Morgan fingerprint density at radius 2 is 0.709 bits per heavy atom. The summed E-state index contributed by atoms with van der Waals surface area (Å²) in [4.78, 5) is 40.2. The van der Waals surface area contributed by atoms with Crippen molar-refractivity contribution in [3.05, 3.63) is 60.8 Å². The Kier molecular flexibility index (Phi) is 63.9. The number of hydrogen-bond acceptors (Lipinski definition) is 7. The smallest absolute Gasteiger partial charge is 0.306 e. The van der Waals surface area contributed by atoms with E-state index in [9.17, 15) is 19.0 Å². The van der Waals surface area contributed by atoms with Gasteiger partial charge in [0, 0.05) is 12.8 Å². The van der Waals surface area contributed by atoms with E-state index in [2.05, 4.69) is 74.7 Å². The van der Waals surface area contributed by atoms with E-state index in [4.69, 9.17) is 13.8 Å². The molecular weight excluding hydrogens is 1080 g/mol. The lowest BCUT2D eigenvalue weighted by Gasteiger charge is -2.30. The minimum Gasteiger partial charge on any atom is -0.756 e. The average Bonchev–Trinajstić information content (AvgIpc) is 3.66. The Hall–Kier alpha value is -2.29. The number of carbonyl (C=O) groups is 2. The molecule has 9 nitrogen and oxygen atoms in total. The normalized spacial score (nSPS) is 13.8. The van der Waals surface area contributed by atoms with Gasteiger partial charge in [0.05, 0.1) is 33.8 Å². The van der Waals surface area contributed by atoms with Crippen molar-refractivity contribution in [2.45, 2.75) is 373 Å². The van der Waals surface area contributed by atoms with Crippen LogP contribution in [0.5, 0.6) is 0 Å². The van der Waals surface area contributed by atoms with E-state index in [0.29, 0.717) is 17.4 Å². The fourth-order valence-corrected chi connectivity index (χ4v) is 11.7. The lowest BCUT2D eigenvalue weighted by molar-refractivity contribution is -0.870. The molecule has 10 heteroatoms. The minimum atomic E-state index is -4.71. The lowest BCUT2D eigenvalue weighted by atomic mass is 10.0. The van der Waals surface area contributed by atoms with E-state index in [1.165, 1.54) is 238 Å². The topological polar surface area (TPSA) is 114 Å². The molecule has 3 atom stereocenters. The number of esters is 1. The van der Waals surface area contributed by atoms with Crippen molar-refractivity contribution in [1.82, 2.24) is 5.32 Å². The first-order valence-corrected chi connectivity index (χ1v) is 38.6. The number of allylic oxidation sites excluding steroid dienone is 9. The summed E-state index contributed by atoms with van der Waals surface area (Å²) in [5.41, 5.74) is 0. The van der Waals surface area contributed by atoms with Gasteiger partial charge in [-0.25, -0.2) is 0 Å². The molecule has 0 aromatic heterocycles. The number of likely N-dealkylation sites (N-methyl/N-ethyl adjacent to an activating group) is 1. The van der Waals surface area contributed by atoms with Gasteiger partial charge in [-0.3, -0.25) is 14.2 Å². The van der Waals surface area contributed by atoms with Gasteiger partial charge in [0.1, 0.15) is 19.3 Å². The van der Waals surface area contributed by atoms with Crippen molar-refractivity contribution >= 4 is 19.7 Å². The van der Waals surface area contributed by atoms with Crippen LogP contribution in [-0.4, -0.2) is 69.4 Å². The molecule has 86 heavy (non-hydrogen) atoms. The lowest BCUT2D eigenvalue weighted by Crippen LogP contribution is -2.47. The molecule has 0 fully saturated rings. The van der Waals surface area contributed by atoms with Crippen molar-refractivity contribution in [3.63, 3.8) is 0 Å². The van der Waals surface area contributed by atoms with Crippen LogP contribution in [0.2, 0.25) is 0 Å². The Labute approximate surface area is 534 Å². The molecule has 0 radical (unpaired) electrons. The molecule has 3 unspecified atom stereocenters. The van der Waals surface area contributed by atoms with Gasteiger partial charge in [-0.1, -0.05) is 332 Å². The number of carbonyl (C=O) groups excluding carboxylic acids is 2. The summed E-state index contributed by atoms with van der Waals surface area (Å²) in [7, 11) is 1.19. The van der Waals surface area contributed by atoms with Crippen LogP contribution >= 0.6 is 7.82 Å². The van der Waals surface area contributed by atoms with Crippen LogP contribution in [-0.2, 0) is 27.9 Å². The maximum Gasteiger partial charge on any atom is 0.306 e. The van der Waals surface area contributed by atoms with Crippen LogP contribution < -0.4 is 10.2 Å². The van der Waals surface area contributed by atoms with Crippen molar-refractivity contribution in [2.75, 3.05) is 40.9 Å². The molecular formula is C76H143N2O7P. The van der Waals surface area contributed by atoms with Crippen LogP contribution in [0, 0.1) is 0 Å². The Morgan fingerprint density at radius 3 is 1.08 bits per heavy atom. The zero-order valence-electron chi connectivity index (χ0n) is 57.8. The zero-order chi connectivity index (χ0) is 62.8. The molecule has 504 valence electrons. The number of quaternary nitrogens is 1. The number of phosphoric acid groups is 1. The van der Waals surface area contributed by atoms with E-state index in [1.54, 1.807) is 0 Å². The van der Waals surface area contributed by atoms with Crippen LogP contribution in [0.3, 0.4) is 0 Å². The Morgan fingerprint density at radius 1 is 0.407 bits per heavy atom. The molecule has 0 aliphatic rings. The van der Waals surface area contributed by atoms with E-state index in [1.807, 2.05) is 33.3 Å². The highest BCUT2D eigenvalue weighted by molar-refractivity contribution is 7.45. The van der Waals surface area contributed by atoms with Gasteiger partial charge in [0.15, 0.2) is 0 Å². The predicted octanol–water partition coefficient (Wildman–Crippen LogP) is 23.1. The highest BCUT2D eigenvalue weighted by Gasteiger charge is 2.27. The van der Waals surface area contributed by atoms with Crippen LogP contribution in [0.25, 0.3) is 0 Å². The van der Waals surface area contributed by atoms with Gasteiger partial charge < -0.3 is 28.5 Å². The van der Waals surface area contributed by atoms with Gasteiger partial charge in [0.25, 0.3) is 7.82 Å². The van der Waals surface area contributed by atoms with Gasteiger partial charge in [-0.2, -0.15) is 0 Å². The summed E-state index contributed by atoms with van der Waals surface area (Å²) in [6.45, 7) is 6.86. The third kappa shape index (κ3) is 66.1. The fourth-order valence-electron chi connectivity index (χ4n) is 11.0. The second kappa shape index (κ2) is 65.7. The zero-order valence-corrected chi connectivity index (χ0v) is 58.7. The third-order valence-corrected chi connectivity index (χ3v) is 17.7. The molecule has 1 N–H and O–H groups in total. The Bertz CT molecular complexity index is 1650. The molecule has 0 aliphatic carbocycles. The molecule has 1 amide bonds. The minimum absolute atomic E-state index is 0.0243. The van der Waals surface area contributed by atoms with Crippen molar-refractivity contribution in [1.29, 1.82) is 0 Å². The van der Waals surface area contributed by atoms with Gasteiger partial charge >= 0.3 is 5.97 Å². The van der Waals surface area contributed by atoms with Crippen molar-refractivity contribution < 1.29 is 37.3 Å². The molecule has 0 aromatic carbocycles. The highest BCUT2D eigenvalue weighted by Crippen LogP contribution is 2.38. The molecule has 0 aliphatic heterocycles. The first-order chi connectivity index (χ1) is 41.9. The van der Waals surface area contributed by atoms with E-state index in [-0.39, 0.29) is 24.9 Å². The third-order valence-electron chi connectivity index (χ3n) is 16.7. The van der Waals surface area contributed by atoms with E-state index < -0.39 is 26.6 Å². The van der Waals surface area contributed by atoms with Crippen molar-refractivity contribution in [3.8, 4) is 0 Å². The summed E-state index contributed by atoms with van der Waals surface area (Å²) in [5.74, 6) is -0.538. The molecule has 0 aromatic rings. The molecule has 0 saturated carbocycles. The molecule has 0 heterocycles. The number of phosphoric ester groups is 1. The van der Waals surface area contributed by atoms with E-state index >= 15 is 0 Å². The summed E-state index contributed by atoms with van der Waals surface area (Å²) < 4.78 is 30.5. The Balaban J connectivity index is 5.03. The average molecular weight is 1230 g/mol. The highest BCUT2D eigenvalue weighted by atomic mass is 31.2. The van der Waals surface area contributed by atoms with Crippen LogP contribution in [0.4, 0.5) is 0 Å². The number of rotatable bonds is 68. The number of nitrogens with zero attached hydrogens (tertiary/aromatic N) is 1. The second-order valence-corrected chi connectivity index (χ2v) is 27.9. The van der Waals surface area contributed by atoms with Crippen molar-refractivity contribution in [2.24, 2.45) is 0 Å². The second-order valence-electron chi connectivity index (χ2n) is 26.5. The van der Waals surface area contributed by atoms with Crippen LogP contribution in [0.15, 0.2) is 60.8 Å². The van der Waals surface area contributed by atoms with Gasteiger partial charge in [-0.05, 0) is 76.7 Å². The largest absolute Gasteiger partial charge is 0.756 e. The standard InChI is InChI=1S/C76H143N2O7P/c1-7-10-13-16-19-22-25-28-30-32-34-36-38-39-41-43-45-47-49-51-54-57-60-63-66-69-76(80)85-74(67-64-61-58-55-52-27-24-21-18-15-12-9-3)73(72-84-86(81,82)83-71-70-78(4,5)6)77-75(79)68-65-62-59-56-53-50-48-46-44-42-40-37-35-33-31-29-26-23-20-17-14-11-8-2/h20,23,29,31,35,37,42,44,64,67,73-74H,7-19,21-22,24-28,30,32-34,36,38-41,43,45-63,65-66,68-72H2,1-6H3,(H-,77,79,81,82)/b23-20-,31-29-,37-35-,44-42-,67-64+. The SMILES string of the molecule is CCCCC/C=C\C/C=C\C/C=C\C/C=C\CCCCCCCCCC(=O)NC(COP(=O)([O-])OCC[N+](C)(C)C)C(/C=C/CCCCCCCCCCCC)OC(=O)CCCCCCCCCCCCCCCCCCCCCCCCCCC. The maximum atomic E-state index is 13.6. The quantitative estimate of drug-likeness (QED) is 0.0212. The maximum absolute atomic E-state index is 13.6. The first kappa shape index (κ1) is 83.7. The summed E-state index contributed by atoms with van der Waals surface area (Å²) in [6, 6.07) is -0.895. The number of unbranched alkanes of at least 4 members (excludes halogenated alkanes) is 44. The molecule has 0 bridgehead atoms. The van der Waals surface area contributed by atoms with E-state index in [0.717, 1.165) is 89.9 Å². The molecule has 0 spiro atoms. The number of hydrogen-bond donors (Lipinski definition) is 1. The summed E-state index contributed by atoms with van der Waals surface area (Å²) >= 11 is 0. The number of nitrogens with one attached hydrogen (secondary N) is 1. The van der Waals surface area contributed by atoms with Gasteiger partial charge in [0.2, 0.25) is 5.91 Å². The van der Waals surface area contributed by atoms with Crippen LogP contribution in [0.1, 0.15) is 361 Å².